The van der Waals surface area contributed by atoms with Crippen LogP contribution in [0, 0.1) is 24.6 Å². The third kappa shape index (κ3) is 3.23. The van der Waals surface area contributed by atoms with Crippen molar-refractivity contribution in [3.8, 4) is 11.8 Å². The number of carbonyl (C=O) groups is 1. The minimum absolute atomic E-state index is 0.168. The normalized spacial score (nSPS) is 9.75. The predicted octanol–water partition coefficient (Wildman–Crippen LogP) is 2.76. The van der Waals surface area contributed by atoms with Gasteiger partial charge >= 0.3 is 0 Å². The summed E-state index contributed by atoms with van der Waals surface area (Å²) in [4.78, 5) is 12.6. The van der Waals surface area contributed by atoms with Gasteiger partial charge < -0.3 is 11.1 Å². The maximum absolute atomic E-state index is 13.6. The molecule has 102 valence electrons. The van der Waals surface area contributed by atoms with Crippen LogP contribution in [0.3, 0.4) is 0 Å². The summed E-state index contributed by atoms with van der Waals surface area (Å²) in [5, 5.41) is 4.33. The van der Waals surface area contributed by atoms with E-state index in [0.717, 1.165) is 5.56 Å². The van der Waals surface area contributed by atoms with Gasteiger partial charge in [0.2, 0.25) is 0 Å². The Morgan fingerprint density at radius 3 is 3.00 bits per heavy atom. The number of thiophene rings is 1. The fraction of sp³-hybridized carbons (Fsp3) is 0.133. The van der Waals surface area contributed by atoms with Gasteiger partial charge in [-0.3, -0.25) is 4.79 Å². The molecule has 1 amide bonds. The average Bonchev–Trinajstić information content (AvgIpc) is 2.89. The highest BCUT2D eigenvalue weighted by Crippen LogP contribution is 2.20. The number of amides is 1. The molecule has 0 aliphatic carbocycles. The molecule has 0 atom stereocenters. The van der Waals surface area contributed by atoms with Gasteiger partial charge in [0.1, 0.15) is 10.7 Å². The van der Waals surface area contributed by atoms with E-state index in [9.17, 15) is 9.18 Å². The van der Waals surface area contributed by atoms with Crippen LogP contribution in [0.2, 0.25) is 0 Å². The lowest BCUT2D eigenvalue weighted by molar-refractivity contribution is 0.103. The number of hydrogen-bond donors (Lipinski definition) is 2. The standard InChI is InChI=1S/C15H13FN2OS/c1-10-4-5-12(16)13(9-10)18-15(19)14-11(3-2-7-17)6-8-20-14/h4-6,8-9H,7,17H2,1H3,(H,18,19). The SMILES string of the molecule is Cc1ccc(F)c(NC(=O)c2sccc2C#CCN)c1. The summed E-state index contributed by atoms with van der Waals surface area (Å²) in [6.07, 6.45) is 0. The molecule has 0 fully saturated rings. The van der Waals surface area contributed by atoms with Crippen LogP contribution in [-0.4, -0.2) is 12.5 Å². The number of carbonyl (C=O) groups excluding carboxylic acids is 1. The molecule has 1 aromatic heterocycles. The molecule has 3 nitrogen and oxygen atoms in total. The lowest BCUT2D eigenvalue weighted by Crippen LogP contribution is -2.12. The van der Waals surface area contributed by atoms with E-state index in [1.54, 1.807) is 23.6 Å². The molecule has 0 saturated heterocycles. The van der Waals surface area contributed by atoms with Crippen LogP contribution in [0.5, 0.6) is 0 Å². The Hall–Kier alpha value is -2.16. The summed E-state index contributed by atoms with van der Waals surface area (Å²) >= 11 is 1.26. The third-order valence-electron chi connectivity index (χ3n) is 2.57. The number of rotatable bonds is 2. The Morgan fingerprint density at radius 2 is 2.25 bits per heavy atom. The second-order valence-electron chi connectivity index (χ2n) is 4.11. The number of nitrogens with two attached hydrogens (primary N) is 1. The zero-order chi connectivity index (χ0) is 14.5. The van der Waals surface area contributed by atoms with Crippen molar-refractivity contribution in [2.24, 2.45) is 5.73 Å². The summed E-state index contributed by atoms with van der Waals surface area (Å²) in [7, 11) is 0. The fourth-order valence-electron chi connectivity index (χ4n) is 1.64. The van der Waals surface area contributed by atoms with E-state index in [0.29, 0.717) is 10.4 Å². The first-order chi connectivity index (χ1) is 9.61. The highest BCUT2D eigenvalue weighted by molar-refractivity contribution is 7.12. The van der Waals surface area contributed by atoms with E-state index in [-0.39, 0.29) is 18.1 Å². The largest absolute Gasteiger partial charge is 0.320 e. The number of anilines is 1. The van der Waals surface area contributed by atoms with Crippen LogP contribution in [0.1, 0.15) is 20.8 Å². The molecule has 1 heterocycles. The van der Waals surface area contributed by atoms with Crippen LogP contribution in [0.4, 0.5) is 10.1 Å². The summed E-state index contributed by atoms with van der Waals surface area (Å²) in [5.41, 5.74) is 6.95. The van der Waals surface area contributed by atoms with Gasteiger partial charge in [-0.2, -0.15) is 0 Å². The van der Waals surface area contributed by atoms with Crippen molar-refractivity contribution in [2.75, 3.05) is 11.9 Å². The zero-order valence-corrected chi connectivity index (χ0v) is 11.7. The molecule has 1 aromatic carbocycles. The Labute approximate surface area is 120 Å². The topological polar surface area (TPSA) is 55.1 Å². The number of halogens is 1. The van der Waals surface area contributed by atoms with Crippen LogP contribution >= 0.6 is 11.3 Å². The number of benzene rings is 1. The highest BCUT2D eigenvalue weighted by atomic mass is 32.1. The van der Waals surface area contributed by atoms with Crippen molar-refractivity contribution in [3.63, 3.8) is 0 Å². The van der Waals surface area contributed by atoms with E-state index < -0.39 is 5.82 Å². The average molecular weight is 288 g/mol. The monoisotopic (exact) mass is 288 g/mol. The van der Waals surface area contributed by atoms with Crippen molar-refractivity contribution in [3.05, 3.63) is 51.5 Å². The van der Waals surface area contributed by atoms with E-state index >= 15 is 0 Å². The van der Waals surface area contributed by atoms with Crippen molar-refractivity contribution >= 4 is 22.9 Å². The van der Waals surface area contributed by atoms with Gasteiger partial charge in [0, 0.05) is 5.56 Å². The van der Waals surface area contributed by atoms with Crippen LogP contribution in [0.15, 0.2) is 29.6 Å². The molecule has 0 radical (unpaired) electrons. The lowest BCUT2D eigenvalue weighted by atomic mass is 10.2. The molecule has 20 heavy (non-hydrogen) atoms. The van der Waals surface area contributed by atoms with Crippen molar-refractivity contribution < 1.29 is 9.18 Å². The molecule has 0 saturated carbocycles. The number of hydrogen-bond acceptors (Lipinski definition) is 3. The molecule has 0 aliphatic heterocycles. The van der Waals surface area contributed by atoms with Gasteiger partial charge in [-0.05, 0) is 36.1 Å². The van der Waals surface area contributed by atoms with Crippen LogP contribution in [-0.2, 0) is 0 Å². The van der Waals surface area contributed by atoms with Crippen LogP contribution in [0.25, 0.3) is 0 Å². The Kier molecular flexibility index (Phi) is 4.51. The molecule has 2 rings (SSSR count). The lowest BCUT2D eigenvalue weighted by Gasteiger charge is -2.06. The molecule has 2 aromatic rings. The Morgan fingerprint density at radius 1 is 1.45 bits per heavy atom. The van der Waals surface area contributed by atoms with E-state index in [1.165, 1.54) is 17.4 Å². The molecular weight excluding hydrogens is 275 g/mol. The molecular formula is C15H13FN2OS. The summed E-state index contributed by atoms with van der Waals surface area (Å²) < 4.78 is 13.6. The number of nitrogens with one attached hydrogen (secondary N) is 1. The fourth-order valence-corrected chi connectivity index (χ4v) is 2.39. The maximum Gasteiger partial charge on any atom is 0.267 e. The molecule has 0 spiro atoms. The summed E-state index contributed by atoms with van der Waals surface area (Å²) in [6, 6.07) is 6.31. The number of aryl methyl sites for hydroxylation is 1. The molecule has 0 unspecified atom stereocenters. The minimum atomic E-state index is -0.463. The van der Waals surface area contributed by atoms with E-state index in [2.05, 4.69) is 17.2 Å². The van der Waals surface area contributed by atoms with Gasteiger partial charge in [0.25, 0.3) is 5.91 Å². The molecule has 5 heteroatoms. The second kappa shape index (κ2) is 6.33. The Bertz CT molecular complexity index is 697. The quantitative estimate of drug-likeness (QED) is 0.835. The highest BCUT2D eigenvalue weighted by Gasteiger charge is 2.14. The van der Waals surface area contributed by atoms with Gasteiger partial charge in [-0.15, -0.1) is 11.3 Å². The third-order valence-corrected chi connectivity index (χ3v) is 3.48. The second-order valence-corrected chi connectivity index (χ2v) is 5.02. The maximum atomic E-state index is 13.6. The van der Waals surface area contributed by atoms with E-state index in [1.807, 2.05) is 6.92 Å². The summed E-state index contributed by atoms with van der Waals surface area (Å²) in [5.74, 6) is 4.69. The van der Waals surface area contributed by atoms with Gasteiger partial charge in [-0.25, -0.2) is 4.39 Å². The first kappa shape index (κ1) is 14.3. The molecule has 0 bridgehead atoms. The van der Waals surface area contributed by atoms with Crippen molar-refractivity contribution in [1.29, 1.82) is 0 Å². The first-order valence-electron chi connectivity index (χ1n) is 5.95. The first-order valence-corrected chi connectivity index (χ1v) is 6.83. The minimum Gasteiger partial charge on any atom is -0.320 e. The smallest absolute Gasteiger partial charge is 0.267 e. The zero-order valence-electron chi connectivity index (χ0n) is 10.9. The van der Waals surface area contributed by atoms with Gasteiger partial charge in [-0.1, -0.05) is 17.9 Å². The predicted molar refractivity (Wildman–Crippen MR) is 79.3 cm³/mol. The van der Waals surface area contributed by atoms with E-state index in [4.69, 9.17) is 5.73 Å². The summed E-state index contributed by atoms with van der Waals surface area (Å²) in [6.45, 7) is 2.06. The molecule has 0 aliphatic rings. The van der Waals surface area contributed by atoms with Crippen molar-refractivity contribution in [2.45, 2.75) is 6.92 Å². The van der Waals surface area contributed by atoms with Gasteiger partial charge in [0.15, 0.2) is 0 Å². The van der Waals surface area contributed by atoms with Crippen LogP contribution < -0.4 is 11.1 Å². The Balaban J connectivity index is 2.24. The van der Waals surface area contributed by atoms with Gasteiger partial charge in [0.05, 0.1) is 12.2 Å². The molecule has 3 N–H and O–H groups in total. The van der Waals surface area contributed by atoms with Crippen molar-refractivity contribution in [1.82, 2.24) is 0 Å².